The lowest BCUT2D eigenvalue weighted by Gasteiger charge is -2.32. The zero-order valence-corrected chi connectivity index (χ0v) is 20.5. The van der Waals surface area contributed by atoms with Gasteiger partial charge >= 0.3 is 0 Å². The molecule has 1 saturated carbocycles. The van der Waals surface area contributed by atoms with Crippen LogP contribution in [-0.2, 0) is 12.1 Å². The fourth-order valence-electron chi connectivity index (χ4n) is 4.99. The summed E-state index contributed by atoms with van der Waals surface area (Å²) in [6, 6.07) is 5.64. The van der Waals surface area contributed by atoms with E-state index in [0.717, 1.165) is 6.07 Å². The number of hydrogen-bond donors (Lipinski definition) is 3. The van der Waals surface area contributed by atoms with Crippen LogP contribution in [-0.4, -0.2) is 47.5 Å². The van der Waals surface area contributed by atoms with E-state index in [1.807, 2.05) is 0 Å². The number of nitrogens with one attached hydrogen (secondary N) is 1. The van der Waals surface area contributed by atoms with Crippen LogP contribution in [0.5, 0.6) is 5.88 Å². The van der Waals surface area contributed by atoms with Gasteiger partial charge in [0.25, 0.3) is 5.92 Å². The number of amidine groups is 1. The molecule has 10 nitrogen and oxygen atoms in total. The van der Waals surface area contributed by atoms with Gasteiger partial charge in [-0.25, -0.2) is 33.1 Å². The standard InChI is InChI=1S/C24H20F3N7O3S/c1-22(20-23(10-35,24(20,26)27)38-21(28)34-22)14-6-12(2-3-15(14)25)32-19-18-16(4-5-29-19)33-17(7-30-18)37-9-13-8-36-11-31-13/h2-8,11,20,35H,9-10H2,1H3,(H2,28,34)(H,29,32)/t20?,22-,23-/m1/s1. The second-order valence-corrected chi connectivity index (χ2v) is 10.5. The highest BCUT2D eigenvalue weighted by Crippen LogP contribution is 2.74. The molecule has 0 spiro atoms. The fraction of sp³-hybridized carbons (Fsp3) is 0.292. The minimum Gasteiger partial charge on any atom is -0.470 e. The van der Waals surface area contributed by atoms with Crippen molar-refractivity contribution in [1.82, 2.24) is 19.9 Å². The van der Waals surface area contributed by atoms with Crippen LogP contribution in [0.3, 0.4) is 0 Å². The van der Waals surface area contributed by atoms with Crippen molar-refractivity contribution in [3.8, 4) is 5.88 Å². The average molecular weight is 544 g/mol. The summed E-state index contributed by atoms with van der Waals surface area (Å²) >= 11 is 0.631. The first-order chi connectivity index (χ1) is 18.2. The van der Waals surface area contributed by atoms with E-state index >= 15 is 4.39 Å². The predicted molar refractivity (Wildman–Crippen MR) is 133 cm³/mol. The Morgan fingerprint density at radius 1 is 1.24 bits per heavy atom. The number of aliphatic imine (C=N–C) groups is 1. The molecule has 0 amide bonds. The highest BCUT2D eigenvalue weighted by atomic mass is 32.2. The van der Waals surface area contributed by atoms with Crippen molar-refractivity contribution in [2.45, 2.75) is 29.7 Å². The minimum atomic E-state index is -3.29. The van der Waals surface area contributed by atoms with Crippen LogP contribution >= 0.6 is 11.8 Å². The molecule has 0 radical (unpaired) electrons. The first kappa shape index (κ1) is 24.4. The summed E-state index contributed by atoms with van der Waals surface area (Å²) in [4.78, 5) is 21.3. The summed E-state index contributed by atoms with van der Waals surface area (Å²) in [6.45, 7) is 0.733. The smallest absolute Gasteiger partial charge is 0.272 e. The Morgan fingerprint density at radius 3 is 2.84 bits per heavy atom. The molecule has 6 rings (SSSR count). The number of ether oxygens (including phenoxy) is 1. The van der Waals surface area contributed by atoms with E-state index in [2.05, 4.69) is 30.2 Å². The van der Waals surface area contributed by atoms with E-state index in [1.54, 1.807) is 6.07 Å². The molecule has 1 aliphatic heterocycles. The molecule has 2 aliphatic rings. The third kappa shape index (κ3) is 3.66. The quantitative estimate of drug-likeness (QED) is 0.315. The van der Waals surface area contributed by atoms with Crippen LogP contribution in [0, 0.1) is 11.7 Å². The van der Waals surface area contributed by atoms with Gasteiger partial charge in [0.1, 0.15) is 34.6 Å². The minimum absolute atomic E-state index is 0.0828. The molecule has 4 N–H and O–H groups in total. The molecule has 1 aliphatic carbocycles. The Balaban J connectivity index is 1.31. The fourth-order valence-corrected chi connectivity index (χ4v) is 6.35. The molecule has 0 saturated heterocycles. The van der Waals surface area contributed by atoms with Gasteiger partial charge in [-0.1, -0.05) is 11.8 Å². The molecular weight excluding hydrogens is 523 g/mol. The molecular formula is C24H20F3N7O3S. The van der Waals surface area contributed by atoms with Gasteiger partial charge < -0.3 is 25.3 Å². The predicted octanol–water partition coefficient (Wildman–Crippen LogP) is 3.75. The molecule has 3 aromatic heterocycles. The van der Waals surface area contributed by atoms with Crippen molar-refractivity contribution < 1.29 is 27.4 Å². The van der Waals surface area contributed by atoms with E-state index in [1.165, 1.54) is 44.1 Å². The maximum Gasteiger partial charge on any atom is 0.272 e. The number of pyridine rings is 1. The lowest BCUT2D eigenvalue weighted by Crippen LogP contribution is -2.37. The van der Waals surface area contributed by atoms with Crippen LogP contribution in [0.25, 0.3) is 11.0 Å². The number of aromatic nitrogens is 4. The van der Waals surface area contributed by atoms with Gasteiger partial charge in [-0.05, 0) is 31.2 Å². The second kappa shape index (κ2) is 8.56. The van der Waals surface area contributed by atoms with E-state index in [9.17, 15) is 13.9 Å². The van der Waals surface area contributed by atoms with Crippen LogP contribution in [0.1, 0.15) is 18.2 Å². The van der Waals surface area contributed by atoms with E-state index in [0.29, 0.717) is 40.0 Å². The number of hydrogen-bond acceptors (Lipinski definition) is 11. The lowest BCUT2D eigenvalue weighted by atomic mass is 9.85. The average Bonchev–Trinajstić information content (AvgIpc) is 3.19. The van der Waals surface area contributed by atoms with Gasteiger partial charge in [0.15, 0.2) is 17.4 Å². The number of aliphatic hydroxyl groups is 1. The van der Waals surface area contributed by atoms with E-state index < -0.39 is 34.6 Å². The number of nitrogens with zero attached hydrogens (tertiary/aromatic N) is 5. The highest BCUT2D eigenvalue weighted by molar-refractivity contribution is 8.15. The molecule has 14 heteroatoms. The number of alkyl halides is 2. The number of benzene rings is 1. The maximum atomic E-state index is 15.1. The van der Waals surface area contributed by atoms with Gasteiger partial charge in [0.2, 0.25) is 5.88 Å². The number of oxazole rings is 1. The van der Waals surface area contributed by atoms with Crippen molar-refractivity contribution in [2.75, 3.05) is 11.9 Å². The molecule has 196 valence electrons. The summed E-state index contributed by atoms with van der Waals surface area (Å²) in [5, 5.41) is 12.7. The zero-order valence-electron chi connectivity index (χ0n) is 19.7. The zero-order chi connectivity index (χ0) is 26.7. The summed E-state index contributed by atoms with van der Waals surface area (Å²) in [5.41, 5.74) is 5.91. The topological polar surface area (TPSA) is 145 Å². The van der Waals surface area contributed by atoms with Gasteiger partial charge in [0.05, 0.1) is 29.8 Å². The van der Waals surface area contributed by atoms with E-state index in [-0.39, 0.29) is 23.2 Å². The van der Waals surface area contributed by atoms with Crippen molar-refractivity contribution in [1.29, 1.82) is 0 Å². The highest BCUT2D eigenvalue weighted by Gasteiger charge is 2.87. The van der Waals surface area contributed by atoms with Crippen molar-refractivity contribution in [2.24, 2.45) is 16.6 Å². The number of rotatable bonds is 7. The number of anilines is 2. The van der Waals surface area contributed by atoms with Crippen LogP contribution in [0.4, 0.5) is 24.7 Å². The van der Waals surface area contributed by atoms with Crippen LogP contribution in [0.2, 0.25) is 0 Å². The Hall–Kier alpha value is -3.91. The Kier molecular flexibility index (Phi) is 5.50. The second-order valence-electron chi connectivity index (χ2n) is 9.13. The van der Waals surface area contributed by atoms with Crippen molar-refractivity contribution >= 4 is 39.5 Å². The van der Waals surface area contributed by atoms with E-state index in [4.69, 9.17) is 14.9 Å². The first-order valence-electron chi connectivity index (χ1n) is 11.4. The molecule has 1 unspecified atom stereocenters. The molecule has 4 aromatic rings. The lowest BCUT2D eigenvalue weighted by molar-refractivity contribution is 0.0685. The first-order valence-corrected chi connectivity index (χ1v) is 12.2. The third-order valence-electron chi connectivity index (χ3n) is 6.80. The normalized spacial score (nSPS) is 25.5. The molecule has 0 bridgehead atoms. The Labute approximate surface area is 217 Å². The molecule has 1 aromatic carbocycles. The number of halogens is 3. The van der Waals surface area contributed by atoms with Gasteiger partial charge in [-0.2, -0.15) is 0 Å². The Morgan fingerprint density at radius 2 is 2.08 bits per heavy atom. The molecule has 38 heavy (non-hydrogen) atoms. The number of aliphatic hydroxyl groups excluding tert-OH is 1. The van der Waals surface area contributed by atoms with Crippen molar-refractivity contribution in [3.05, 3.63) is 66.4 Å². The molecule has 1 fully saturated rings. The van der Waals surface area contributed by atoms with Crippen LogP contribution in [0.15, 0.2) is 58.7 Å². The SMILES string of the molecule is C[C@]1(c2cc(Nc3nccc4nc(OCc5cocn5)cnc34)ccc2F)N=C(N)S[C@]2(CO)C1C2(F)F. The molecule has 3 atom stereocenters. The summed E-state index contributed by atoms with van der Waals surface area (Å²) in [7, 11) is 0. The van der Waals surface area contributed by atoms with Crippen LogP contribution < -0.4 is 15.8 Å². The monoisotopic (exact) mass is 543 g/mol. The summed E-state index contributed by atoms with van der Waals surface area (Å²) < 4.78 is 53.6. The number of fused-ring (bicyclic) bond motifs is 2. The largest absolute Gasteiger partial charge is 0.470 e. The Bertz CT molecular complexity index is 1570. The number of thioether (sulfide) groups is 1. The van der Waals surface area contributed by atoms with Crippen molar-refractivity contribution in [3.63, 3.8) is 0 Å². The third-order valence-corrected chi connectivity index (χ3v) is 8.10. The maximum absolute atomic E-state index is 15.1. The number of nitrogens with two attached hydrogens (primary N) is 1. The molecule has 4 heterocycles. The van der Waals surface area contributed by atoms with Gasteiger partial charge in [-0.15, -0.1) is 0 Å². The summed E-state index contributed by atoms with van der Waals surface area (Å²) in [5.74, 6) is -4.88. The van der Waals surface area contributed by atoms with Gasteiger partial charge in [-0.3, -0.25) is 4.99 Å². The van der Waals surface area contributed by atoms with Gasteiger partial charge in [0, 0.05) is 17.4 Å². The summed E-state index contributed by atoms with van der Waals surface area (Å²) in [6.07, 6.45) is 5.69.